The first-order valence-corrected chi connectivity index (χ1v) is 10.4. The van der Waals surface area contributed by atoms with Gasteiger partial charge in [0, 0.05) is 36.9 Å². The van der Waals surface area contributed by atoms with E-state index in [4.69, 9.17) is 4.42 Å². The number of hydrogen-bond acceptors (Lipinski definition) is 5. The van der Waals surface area contributed by atoms with Gasteiger partial charge in [-0.1, -0.05) is 12.1 Å². The molecule has 0 saturated carbocycles. The third-order valence-corrected chi connectivity index (χ3v) is 5.11. The van der Waals surface area contributed by atoms with Gasteiger partial charge < -0.3 is 14.5 Å². The number of nitrogens with zero attached hydrogens (tertiary/aromatic N) is 3. The van der Waals surface area contributed by atoms with Gasteiger partial charge in [-0.3, -0.25) is 4.79 Å². The fraction of sp³-hybridized carbons (Fsp3) is 0.208. The number of aromatic nitrogens is 3. The van der Waals surface area contributed by atoms with E-state index in [0.717, 1.165) is 6.92 Å². The molecular weight excluding hydrogens is 468 g/mol. The van der Waals surface area contributed by atoms with Gasteiger partial charge in [-0.25, -0.2) is 18.4 Å². The number of halogens is 4. The van der Waals surface area contributed by atoms with Crippen LogP contribution >= 0.6 is 0 Å². The summed E-state index contributed by atoms with van der Waals surface area (Å²) in [7, 11) is 0. The van der Waals surface area contributed by atoms with Gasteiger partial charge in [0.15, 0.2) is 5.89 Å². The minimum absolute atomic E-state index is 0.105. The summed E-state index contributed by atoms with van der Waals surface area (Å²) < 4.78 is 64.2. The van der Waals surface area contributed by atoms with Crippen LogP contribution in [0.4, 0.5) is 23.2 Å². The second kappa shape index (κ2) is 9.24. The quantitative estimate of drug-likeness (QED) is 0.318. The molecule has 0 bridgehead atoms. The van der Waals surface area contributed by atoms with E-state index in [2.05, 4.69) is 20.1 Å². The lowest BCUT2D eigenvalue weighted by atomic mass is 10.1. The van der Waals surface area contributed by atoms with Crippen LogP contribution < -0.4 is 10.1 Å². The molecule has 0 aliphatic heterocycles. The van der Waals surface area contributed by atoms with E-state index in [1.54, 1.807) is 13.8 Å². The van der Waals surface area contributed by atoms with Crippen molar-refractivity contribution >= 4 is 11.6 Å². The number of aryl methyl sites for hydroxylation is 2. The van der Waals surface area contributed by atoms with Crippen molar-refractivity contribution in [3.8, 4) is 22.7 Å². The maximum atomic E-state index is 13.6. The molecule has 0 fully saturated rings. The second-order valence-corrected chi connectivity index (χ2v) is 7.81. The zero-order valence-electron chi connectivity index (χ0n) is 18.9. The summed E-state index contributed by atoms with van der Waals surface area (Å²) in [5.41, 5.74) is 1.52. The van der Waals surface area contributed by atoms with E-state index in [0.29, 0.717) is 17.3 Å². The average molecular weight is 488 g/mol. The first-order chi connectivity index (χ1) is 16.5. The van der Waals surface area contributed by atoms with E-state index in [1.807, 2.05) is 0 Å². The Balaban J connectivity index is 1.64. The zero-order chi connectivity index (χ0) is 25.3. The lowest BCUT2D eigenvalue weighted by Gasteiger charge is -2.12. The first-order valence-electron chi connectivity index (χ1n) is 10.4. The summed E-state index contributed by atoms with van der Waals surface area (Å²) in [5, 5.41) is 6.93. The third-order valence-electron chi connectivity index (χ3n) is 5.11. The molecule has 4 aromatic rings. The van der Waals surface area contributed by atoms with Gasteiger partial charge in [-0.15, -0.1) is 0 Å². The van der Waals surface area contributed by atoms with Crippen LogP contribution in [0, 0.1) is 13.8 Å². The van der Waals surface area contributed by atoms with Crippen molar-refractivity contribution in [1.82, 2.24) is 14.8 Å². The summed E-state index contributed by atoms with van der Waals surface area (Å²) >= 11 is 0. The fourth-order valence-electron chi connectivity index (χ4n) is 3.43. The first kappa shape index (κ1) is 24.0. The summed E-state index contributed by atoms with van der Waals surface area (Å²) in [6, 6.07) is 9.76. The Labute approximate surface area is 197 Å². The predicted octanol–water partition coefficient (Wildman–Crippen LogP) is 6.11. The average Bonchev–Trinajstić information content (AvgIpc) is 3.39. The van der Waals surface area contributed by atoms with Crippen LogP contribution in [0.15, 0.2) is 59.3 Å². The molecule has 2 aromatic carbocycles. The van der Waals surface area contributed by atoms with E-state index in [1.165, 1.54) is 59.6 Å². The maximum Gasteiger partial charge on any atom is 0.387 e. The highest BCUT2D eigenvalue weighted by atomic mass is 19.3. The number of carbonyl (C=O) groups excluding carboxylic acids is 1. The Morgan fingerprint density at radius 1 is 1.17 bits per heavy atom. The van der Waals surface area contributed by atoms with Crippen LogP contribution in [-0.2, 0) is 5.92 Å². The molecule has 0 saturated heterocycles. The molecule has 0 spiro atoms. The summed E-state index contributed by atoms with van der Waals surface area (Å²) in [6.07, 6.45) is 2.76. The monoisotopic (exact) mass is 488 g/mol. The second-order valence-electron chi connectivity index (χ2n) is 7.81. The molecule has 0 aliphatic rings. The minimum atomic E-state index is -3.05. The van der Waals surface area contributed by atoms with Crippen molar-refractivity contribution in [2.24, 2.45) is 0 Å². The molecule has 11 heteroatoms. The van der Waals surface area contributed by atoms with Gasteiger partial charge in [-0.05, 0) is 37.3 Å². The van der Waals surface area contributed by atoms with E-state index in [9.17, 15) is 22.4 Å². The standard InChI is InChI=1S/C24H20F4N4O3/c1-13-19(22(33)30-16-6-4-5-15(9-16)24(3,27)28)11-32(31-13)17-7-8-21(35-23(25)26)18(10-17)20-12-34-14(2)29-20/h4-12,23H,1-3H3,(H,30,33). The van der Waals surface area contributed by atoms with Crippen LogP contribution in [-0.4, -0.2) is 27.3 Å². The predicted molar refractivity (Wildman–Crippen MR) is 119 cm³/mol. The number of hydrogen-bond donors (Lipinski definition) is 1. The number of nitrogens with one attached hydrogen (secondary N) is 1. The number of benzene rings is 2. The van der Waals surface area contributed by atoms with Gasteiger partial charge in [0.2, 0.25) is 0 Å². The van der Waals surface area contributed by atoms with Crippen LogP contribution in [0.5, 0.6) is 5.75 Å². The van der Waals surface area contributed by atoms with Crippen LogP contribution in [0.2, 0.25) is 0 Å². The lowest BCUT2D eigenvalue weighted by Crippen LogP contribution is -2.14. The van der Waals surface area contributed by atoms with E-state index < -0.39 is 18.4 Å². The highest BCUT2D eigenvalue weighted by molar-refractivity contribution is 6.05. The van der Waals surface area contributed by atoms with Crippen molar-refractivity contribution in [3.05, 3.63) is 77.6 Å². The van der Waals surface area contributed by atoms with Gasteiger partial charge in [0.25, 0.3) is 11.8 Å². The topological polar surface area (TPSA) is 82.2 Å². The zero-order valence-corrected chi connectivity index (χ0v) is 18.9. The Morgan fingerprint density at radius 2 is 1.94 bits per heavy atom. The largest absolute Gasteiger partial charge is 0.449 e. The molecule has 0 unspecified atom stereocenters. The van der Waals surface area contributed by atoms with E-state index in [-0.39, 0.29) is 33.8 Å². The highest BCUT2D eigenvalue weighted by Gasteiger charge is 2.25. The number of anilines is 1. The van der Waals surface area contributed by atoms with Crippen molar-refractivity contribution in [2.75, 3.05) is 5.32 Å². The van der Waals surface area contributed by atoms with Crippen LogP contribution in [0.3, 0.4) is 0 Å². The number of oxazole rings is 1. The van der Waals surface area contributed by atoms with Gasteiger partial charge in [0.05, 0.1) is 16.9 Å². The van der Waals surface area contributed by atoms with Crippen molar-refractivity contribution < 1.29 is 31.5 Å². The molecule has 0 aliphatic carbocycles. The Hall–Kier alpha value is -4.15. The molecule has 4 rings (SSSR count). The maximum absolute atomic E-state index is 13.6. The minimum Gasteiger partial charge on any atom is -0.449 e. The molecule has 0 atom stereocenters. The summed E-state index contributed by atoms with van der Waals surface area (Å²) in [5.74, 6) is -3.36. The number of amides is 1. The molecule has 0 radical (unpaired) electrons. The van der Waals surface area contributed by atoms with Gasteiger partial charge >= 0.3 is 6.61 Å². The van der Waals surface area contributed by atoms with Gasteiger partial charge in [0.1, 0.15) is 17.7 Å². The van der Waals surface area contributed by atoms with Gasteiger partial charge in [-0.2, -0.15) is 13.9 Å². The smallest absolute Gasteiger partial charge is 0.387 e. The lowest BCUT2D eigenvalue weighted by molar-refractivity contribution is -0.0494. The Kier molecular flexibility index (Phi) is 6.33. The molecule has 7 nitrogen and oxygen atoms in total. The molecule has 2 aromatic heterocycles. The molecular formula is C24H20F4N4O3. The molecule has 35 heavy (non-hydrogen) atoms. The van der Waals surface area contributed by atoms with Crippen LogP contribution in [0.1, 0.15) is 34.4 Å². The fourth-order valence-corrected chi connectivity index (χ4v) is 3.43. The summed E-state index contributed by atoms with van der Waals surface area (Å²) in [4.78, 5) is 17.0. The van der Waals surface area contributed by atoms with Crippen molar-refractivity contribution in [1.29, 1.82) is 0 Å². The van der Waals surface area contributed by atoms with E-state index >= 15 is 0 Å². The molecule has 1 amide bonds. The van der Waals surface area contributed by atoms with Crippen molar-refractivity contribution in [3.63, 3.8) is 0 Å². The molecule has 2 heterocycles. The number of ether oxygens (including phenoxy) is 1. The Morgan fingerprint density at radius 3 is 2.60 bits per heavy atom. The molecule has 1 N–H and O–H groups in total. The highest BCUT2D eigenvalue weighted by Crippen LogP contribution is 2.33. The van der Waals surface area contributed by atoms with Crippen molar-refractivity contribution in [2.45, 2.75) is 33.3 Å². The normalized spacial score (nSPS) is 11.7. The Bertz CT molecular complexity index is 1380. The number of carbonyl (C=O) groups is 1. The number of rotatable bonds is 7. The SMILES string of the molecule is Cc1nc(-c2cc(-n3cc(C(=O)Nc4cccc(C(C)(F)F)c4)c(C)n3)ccc2OC(F)F)co1. The number of alkyl halides is 4. The molecule has 182 valence electrons. The van der Waals surface area contributed by atoms with Crippen LogP contribution in [0.25, 0.3) is 16.9 Å². The third kappa shape index (κ3) is 5.34. The summed E-state index contributed by atoms with van der Waals surface area (Å²) in [6.45, 7) is 0.952.